The zero-order chi connectivity index (χ0) is 25.4. The highest BCUT2D eigenvalue weighted by molar-refractivity contribution is 7.53. The van der Waals surface area contributed by atoms with Crippen LogP contribution in [0.2, 0.25) is 10.0 Å². The van der Waals surface area contributed by atoms with Crippen LogP contribution in [0.3, 0.4) is 0 Å². The van der Waals surface area contributed by atoms with E-state index >= 15 is 0 Å². The third-order valence-electron chi connectivity index (χ3n) is 6.88. The Kier molecular flexibility index (Phi) is 7.40. The van der Waals surface area contributed by atoms with E-state index in [1.165, 1.54) is 0 Å². The maximum atomic E-state index is 13.3. The van der Waals surface area contributed by atoms with Gasteiger partial charge in [-0.25, -0.2) is 0 Å². The molecular formula is C28H29Cl2O5P. The first kappa shape index (κ1) is 25.6. The van der Waals surface area contributed by atoms with Crippen LogP contribution < -0.4 is 4.74 Å². The molecule has 5 nitrogen and oxygen atoms in total. The highest BCUT2D eigenvalue weighted by Crippen LogP contribution is 2.56. The minimum absolute atomic E-state index is 0.154. The summed E-state index contributed by atoms with van der Waals surface area (Å²) < 4.78 is 30.6. The van der Waals surface area contributed by atoms with Gasteiger partial charge in [0, 0.05) is 22.4 Å². The average Bonchev–Trinajstić information content (AvgIpc) is 3.28. The Balaban J connectivity index is 1.31. The molecular weight excluding hydrogens is 518 g/mol. The highest BCUT2D eigenvalue weighted by Gasteiger charge is 2.36. The summed E-state index contributed by atoms with van der Waals surface area (Å²) in [6.45, 7) is 4.45. The SMILES string of the molecule is CC(C)c1cc(C2CCc3cc(OCP4(=O)OCCC(c5cccc(Cl)c5)O4)cc(Cl)c32)ccc1O. The second-order valence-electron chi connectivity index (χ2n) is 9.70. The Labute approximate surface area is 221 Å². The molecule has 0 bridgehead atoms. The lowest BCUT2D eigenvalue weighted by Crippen LogP contribution is -2.17. The van der Waals surface area contributed by atoms with Gasteiger partial charge in [0.25, 0.3) is 0 Å². The third kappa shape index (κ3) is 5.32. The summed E-state index contributed by atoms with van der Waals surface area (Å²) in [5.41, 5.74) is 5.15. The van der Waals surface area contributed by atoms with Crippen molar-refractivity contribution < 1.29 is 23.5 Å². The maximum Gasteiger partial charge on any atom is 0.368 e. The molecule has 1 aliphatic heterocycles. The molecule has 1 saturated heterocycles. The summed E-state index contributed by atoms with van der Waals surface area (Å²) in [4.78, 5) is 0. The van der Waals surface area contributed by atoms with Crippen LogP contribution in [0.5, 0.6) is 11.5 Å². The van der Waals surface area contributed by atoms with Crippen molar-refractivity contribution in [2.24, 2.45) is 0 Å². The van der Waals surface area contributed by atoms with E-state index in [9.17, 15) is 9.67 Å². The molecule has 1 heterocycles. The van der Waals surface area contributed by atoms with Crippen LogP contribution in [0, 0.1) is 0 Å². The number of aromatic hydroxyl groups is 1. The van der Waals surface area contributed by atoms with Gasteiger partial charge < -0.3 is 14.4 Å². The number of phenols is 1. The smallest absolute Gasteiger partial charge is 0.368 e. The van der Waals surface area contributed by atoms with Crippen molar-refractivity contribution in [3.63, 3.8) is 0 Å². The Bertz CT molecular complexity index is 1330. The first-order valence-corrected chi connectivity index (χ1v) is 14.7. The van der Waals surface area contributed by atoms with Gasteiger partial charge in [-0.2, -0.15) is 0 Å². The van der Waals surface area contributed by atoms with E-state index in [-0.39, 0.29) is 24.3 Å². The molecule has 1 N–H and O–H groups in total. The van der Waals surface area contributed by atoms with E-state index < -0.39 is 7.60 Å². The number of phenolic OH excluding ortho intramolecular Hbond substituents is 1. The summed E-state index contributed by atoms with van der Waals surface area (Å²) in [6.07, 6.45) is 1.81. The van der Waals surface area contributed by atoms with Gasteiger partial charge in [-0.3, -0.25) is 9.09 Å². The van der Waals surface area contributed by atoms with Crippen LogP contribution in [0.25, 0.3) is 0 Å². The van der Waals surface area contributed by atoms with Crippen LogP contribution in [0.15, 0.2) is 54.6 Å². The fourth-order valence-corrected chi connectivity index (χ4v) is 7.15. The molecule has 1 fully saturated rings. The second-order valence-corrected chi connectivity index (χ2v) is 12.5. The number of ether oxygens (including phenoxy) is 1. The Hall–Kier alpha value is -2.01. The fraction of sp³-hybridized carbons (Fsp3) is 0.357. The first-order chi connectivity index (χ1) is 17.2. The quantitative estimate of drug-likeness (QED) is 0.313. The summed E-state index contributed by atoms with van der Waals surface area (Å²) in [5, 5.41) is 11.4. The van der Waals surface area contributed by atoms with E-state index in [2.05, 4.69) is 19.9 Å². The lowest BCUT2D eigenvalue weighted by Gasteiger charge is -2.30. The van der Waals surface area contributed by atoms with Crippen LogP contribution in [-0.2, 0) is 20.0 Å². The van der Waals surface area contributed by atoms with Gasteiger partial charge in [0.2, 0.25) is 0 Å². The average molecular weight is 547 g/mol. The first-order valence-electron chi connectivity index (χ1n) is 12.2. The predicted molar refractivity (Wildman–Crippen MR) is 143 cm³/mol. The van der Waals surface area contributed by atoms with Crippen molar-refractivity contribution in [1.29, 1.82) is 0 Å². The number of halogens is 2. The van der Waals surface area contributed by atoms with Gasteiger partial charge in [0.15, 0.2) is 6.35 Å². The van der Waals surface area contributed by atoms with Gasteiger partial charge >= 0.3 is 7.60 Å². The molecule has 0 radical (unpaired) electrons. The van der Waals surface area contributed by atoms with Crippen molar-refractivity contribution >= 4 is 30.8 Å². The minimum Gasteiger partial charge on any atom is -0.508 e. The minimum atomic E-state index is -3.46. The van der Waals surface area contributed by atoms with E-state index in [0.717, 1.165) is 40.7 Å². The highest BCUT2D eigenvalue weighted by atomic mass is 35.5. The molecule has 3 unspecified atom stereocenters. The Morgan fingerprint density at radius 2 is 1.92 bits per heavy atom. The van der Waals surface area contributed by atoms with E-state index in [4.69, 9.17) is 37.0 Å². The standard InChI is InChI=1S/C28H29Cl2O5P/c1-17(2)24-14-18(7-9-26(24)31)23-8-6-20-13-22(15-25(30)28(20)23)33-16-36(32)34-11-10-27(35-36)19-4-3-5-21(29)12-19/h3-5,7,9,12-15,17,23,27,31H,6,8,10-11,16H2,1-2H3. The summed E-state index contributed by atoms with van der Waals surface area (Å²) >= 11 is 12.9. The van der Waals surface area contributed by atoms with Crippen LogP contribution >= 0.6 is 30.8 Å². The summed E-state index contributed by atoms with van der Waals surface area (Å²) in [5.74, 6) is 1.24. The number of fused-ring (bicyclic) bond motifs is 1. The lowest BCUT2D eigenvalue weighted by molar-refractivity contribution is 0.0725. The molecule has 1 aliphatic carbocycles. The Morgan fingerprint density at radius 3 is 2.69 bits per heavy atom. The molecule has 36 heavy (non-hydrogen) atoms. The normalized spacial score (nSPS) is 23.6. The molecule has 3 atom stereocenters. The number of benzene rings is 3. The molecule has 0 amide bonds. The summed E-state index contributed by atoms with van der Waals surface area (Å²) in [6, 6.07) is 16.9. The van der Waals surface area contributed by atoms with E-state index in [1.807, 2.05) is 30.3 Å². The van der Waals surface area contributed by atoms with Gasteiger partial charge in [-0.05, 0) is 76.9 Å². The molecule has 0 saturated carbocycles. The molecule has 0 spiro atoms. The molecule has 3 aromatic rings. The summed E-state index contributed by atoms with van der Waals surface area (Å²) in [7, 11) is -3.46. The van der Waals surface area contributed by atoms with Crippen molar-refractivity contribution in [2.75, 3.05) is 13.0 Å². The van der Waals surface area contributed by atoms with Crippen molar-refractivity contribution in [3.05, 3.63) is 92.5 Å². The zero-order valence-corrected chi connectivity index (χ0v) is 22.7. The predicted octanol–water partition coefficient (Wildman–Crippen LogP) is 8.61. The number of aryl methyl sites for hydroxylation is 1. The van der Waals surface area contributed by atoms with Crippen molar-refractivity contribution in [1.82, 2.24) is 0 Å². The van der Waals surface area contributed by atoms with Gasteiger partial charge in [-0.15, -0.1) is 0 Å². The lowest BCUT2D eigenvalue weighted by atomic mass is 9.89. The monoisotopic (exact) mass is 546 g/mol. The topological polar surface area (TPSA) is 65.0 Å². The molecule has 2 aliphatic rings. The third-order valence-corrected chi connectivity index (χ3v) is 9.03. The van der Waals surface area contributed by atoms with Gasteiger partial charge in [0.1, 0.15) is 11.5 Å². The number of hydrogen-bond donors (Lipinski definition) is 1. The largest absolute Gasteiger partial charge is 0.508 e. The van der Waals surface area contributed by atoms with Gasteiger partial charge in [0.05, 0.1) is 12.7 Å². The number of rotatable bonds is 6. The second kappa shape index (κ2) is 10.4. The van der Waals surface area contributed by atoms with Gasteiger partial charge in [-0.1, -0.05) is 61.3 Å². The molecule has 0 aromatic heterocycles. The van der Waals surface area contributed by atoms with Crippen molar-refractivity contribution in [2.45, 2.75) is 51.0 Å². The molecule has 8 heteroatoms. The Morgan fingerprint density at radius 1 is 1.08 bits per heavy atom. The van der Waals surface area contributed by atoms with Crippen LogP contribution in [0.4, 0.5) is 0 Å². The van der Waals surface area contributed by atoms with E-state index in [0.29, 0.717) is 34.6 Å². The molecule has 190 valence electrons. The van der Waals surface area contributed by atoms with Crippen LogP contribution in [0.1, 0.15) is 72.4 Å². The zero-order valence-electron chi connectivity index (χ0n) is 20.2. The van der Waals surface area contributed by atoms with Crippen LogP contribution in [-0.4, -0.2) is 18.1 Å². The maximum absolute atomic E-state index is 13.3. The number of hydrogen-bond acceptors (Lipinski definition) is 5. The fourth-order valence-electron chi connectivity index (χ4n) is 5.09. The van der Waals surface area contributed by atoms with E-state index in [1.54, 1.807) is 18.2 Å². The van der Waals surface area contributed by atoms with Crippen molar-refractivity contribution in [3.8, 4) is 11.5 Å². The molecule has 5 rings (SSSR count). The molecule has 3 aromatic carbocycles.